The van der Waals surface area contributed by atoms with Crippen LogP contribution in [0.15, 0.2) is 55.0 Å². The number of thiazole rings is 1. The second-order valence-electron chi connectivity index (χ2n) is 7.19. The van der Waals surface area contributed by atoms with Crippen molar-refractivity contribution >= 4 is 28.6 Å². The molecule has 8 heteroatoms. The van der Waals surface area contributed by atoms with Crippen molar-refractivity contribution in [2.75, 3.05) is 25.0 Å². The topological polar surface area (TPSA) is 93.9 Å². The molecule has 1 aliphatic rings. The molecular weight excluding hydrogens is 396 g/mol. The number of hydrogen-bond donors (Lipinski definition) is 2. The molecule has 0 spiro atoms. The van der Waals surface area contributed by atoms with Crippen LogP contribution in [-0.2, 0) is 0 Å². The molecule has 3 heterocycles. The molecule has 1 aliphatic heterocycles. The molecule has 2 aromatic heterocycles. The van der Waals surface area contributed by atoms with Crippen LogP contribution in [-0.4, -0.2) is 40.4 Å². The first kappa shape index (κ1) is 19.9. The van der Waals surface area contributed by atoms with Gasteiger partial charge in [0.1, 0.15) is 0 Å². The van der Waals surface area contributed by atoms with E-state index >= 15 is 0 Å². The molecule has 1 atom stereocenters. The molecule has 0 bridgehead atoms. The van der Waals surface area contributed by atoms with Gasteiger partial charge in [0, 0.05) is 43.3 Å². The van der Waals surface area contributed by atoms with Gasteiger partial charge in [0.15, 0.2) is 11.2 Å². The molecule has 0 radical (unpaired) electrons. The number of rotatable bonds is 7. The second-order valence-corrected chi connectivity index (χ2v) is 8.22. The molecule has 4 rings (SSSR count). The molecule has 30 heavy (non-hydrogen) atoms. The molecule has 1 amide bonds. The summed E-state index contributed by atoms with van der Waals surface area (Å²) in [5.74, 6) is 0.299. The SMILES string of the molecule is N#CN1CCC(CCNC(=O)c2ncc(-c3ccncc3Nc3ccccc3)s2)C1. The molecule has 1 unspecified atom stereocenters. The van der Waals surface area contributed by atoms with Gasteiger partial charge in [-0.3, -0.25) is 9.78 Å². The fourth-order valence-electron chi connectivity index (χ4n) is 3.51. The number of benzene rings is 1. The Morgan fingerprint density at radius 1 is 1.27 bits per heavy atom. The number of nitrogens with zero attached hydrogens (tertiary/aromatic N) is 4. The number of carbonyl (C=O) groups is 1. The Labute approximate surface area is 179 Å². The van der Waals surface area contributed by atoms with Gasteiger partial charge >= 0.3 is 0 Å². The Kier molecular flexibility index (Phi) is 6.20. The van der Waals surface area contributed by atoms with Crippen molar-refractivity contribution in [3.05, 3.63) is 60.0 Å². The largest absolute Gasteiger partial charge is 0.354 e. The van der Waals surface area contributed by atoms with Crippen LogP contribution in [0.3, 0.4) is 0 Å². The first-order valence-electron chi connectivity index (χ1n) is 9.88. The summed E-state index contributed by atoms with van der Waals surface area (Å²) in [6, 6.07) is 11.8. The number of nitrogens with one attached hydrogen (secondary N) is 2. The first-order valence-corrected chi connectivity index (χ1v) is 10.7. The maximum Gasteiger partial charge on any atom is 0.280 e. The van der Waals surface area contributed by atoms with E-state index in [4.69, 9.17) is 5.26 Å². The van der Waals surface area contributed by atoms with Crippen molar-refractivity contribution in [1.82, 2.24) is 20.2 Å². The van der Waals surface area contributed by atoms with E-state index in [0.29, 0.717) is 17.5 Å². The monoisotopic (exact) mass is 418 g/mol. The Morgan fingerprint density at radius 3 is 2.93 bits per heavy atom. The quantitative estimate of drug-likeness (QED) is 0.566. The molecule has 152 valence electrons. The number of para-hydroxylation sites is 1. The van der Waals surface area contributed by atoms with Crippen molar-refractivity contribution in [1.29, 1.82) is 5.26 Å². The number of aromatic nitrogens is 2. The smallest absolute Gasteiger partial charge is 0.280 e. The summed E-state index contributed by atoms with van der Waals surface area (Å²) < 4.78 is 0. The highest BCUT2D eigenvalue weighted by atomic mass is 32.1. The predicted molar refractivity (Wildman–Crippen MR) is 117 cm³/mol. The summed E-state index contributed by atoms with van der Waals surface area (Å²) in [4.78, 5) is 23.7. The Morgan fingerprint density at radius 2 is 2.13 bits per heavy atom. The van der Waals surface area contributed by atoms with Gasteiger partial charge in [-0.25, -0.2) is 4.98 Å². The molecule has 7 nitrogen and oxygen atoms in total. The number of hydrogen-bond acceptors (Lipinski definition) is 7. The van der Waals surface area contributed by atoms with Gasteiger partial charge in [-0.05, 0) is 37.0 Å². The van der Waals surface area contributed by atoms with Gasteiger partial charge in [-0.1, -0.05) is 18.2 Å². The van der Waals surface area contributed by atoms with E-state index in [0.717, 1.165) is 47.7 Å². The van der Waals surface area contributed by atoms with Crippen LogP contribution in [0.1, 0.15) is 22.6 Å². The van der Waals surface area contributed by atoms with Crippen LogP contribution in [0.25, 0.3) is 10.4 Å². The number of amides is 1. The van der Waals surface area contributed by atoms with Crippen LogP contribution in [0.2, 0.25) is 0 Å². The lowest BCUT2D eigenvalue weighted by atomic mass is 10.1. The molecule has 0 saturated carbocycles. The molecule has 1 aromatic carbocycles. The minimum Gasteiger partial charge on any atom is -0.354 e. The highest BCUT2D eigenvalue weighted by molar-refractivity contribution is 7.17. The van der Waals surface area contributed by atoms with E-state index < -0.39 is 0 Å². The summed E-state index contributed by atoms with van der Waals surface area (Å²) in [5.41, 5.74) is 2.78. The zero-order valence-corrected chi connectivity index (χ0v) is 17.2. The average Bonchev–Trinajstić information content (AvgIpc) is 3.45. The van der Waals surface area contributed by atoms with E-state index in [1.54, 1.807) is 23.5 Å². The molecule has 1 fully saturated rings. The van der Waals surface area contributed by atoms with Crippen molar-refractivity contribution in [2.24, 2.45) is 5.92 Å². The first-order chi connectivity index (χ1) is 14.7. The fraction of sp³-hybridized carbons (Fsp3) is 0.273. The molecule has 1 saturated heterocycles. The van der Waals surface area contributed by atoms with Gasteiger partial charge in [0.05, 0.1) is 16.8 Å². The molecular formula is C22H22N6OS. The van der Waals surface area contributed by atoms with Crippen LogP contribution < -0.4 is 10.6 Å². The predicted octanol–water partition coefficient (Wildman–Crippen LogP) is 3.87. The van der Waals surface area contributed by atoms with E-state index in [1.165, 1.54) is 11.3 Å². The zero-order valence-electron chi connectivity index (χ0n) is 16.4. The van der Waals surface area contributed by atoms with Gasteiger partial charge in [-0.15, -0.1) is 11.3 Å². The normalized spacial score (nSPS) is 15.6. The molecule has 3 aromatic rings. The number of anilines is 2. The number of pyridine rings is 1. The lowest BCUT2D eigenvalue weighted by Gasteiger charge is -2.10. The average molecular weight is 419 g/mol. The highest BCUT2D eigenvalue weighted by Gasteiger charge is 2.21. The van der Waals surface area contributed by atoms with Crippen LogP contribution >= 0.6 is 11.3 Å². The Balaban J connectivity index is 1.38. The van der Waals surface area contributed by atoms with Crippen molar-refractivity contribution in [2.45, 2.75) is 12.8 Å². The maximum absolute atomic E-state index is 12.5. The van der Waals surface area contributed by atoms with Crippen LogP contribution in [0.5, 0.6) is 0 Å². The van der Waals surface area contributed by atoms with E-state index in [-0.39, 0.29) is 5.91 Å². The van der Waals surface area contributed by atoms with E-state index in [1.807, 2.05) is 36.4 Å². The maximum atomic E-state index is 12.5. The Hall–Kier alpha value is -3.44. The second kappa shape index (κ2) is 9.37. The zero-order chi connectivity index (χ0) is 20.8. The van der Waals surface area contributed by atoms with Crippen molar-refractivity contribution in [3.63, 3.8) is 0 Å². The fourth-order valence-corrected chi connectivity index (χ4v) is 4.39. The summed E-state index contributed by atoms with van der Waals surface area (Å²) in [5, 5.41) is 15.7. The van der Waals surface area contributed by atoms with Gasteiger partial charge < -0.3 is 15.5 Å². The van der Waals surface area contributed by atoms with Gasteiger partial charge in [0.2, 0.25) is 0 Å². The highest BCUT2D eigenvalue weighted by Crippen LogP contribution is 2.33. The lowest BCUT2D eigenvalue weighted by molar-refractivity contribution is 0.0951. The number of likely N-dealkylation sites (tertiary alicyclic amines) is 1. The third kappa shape index (κ3) is 4.75. The number of nitriles is 1. The minimum absolute atomic E-state index is 0.159. The van der Waals surface area contributed by atoms with Crippen LogP contribution in [0.4, 0.5) is 11.4 Å². The molecule has 0 aliphatic carbocycles. The summed E-state index contributed by atoms with van der Waals surface area (Å²) >= 11 is 1.36. The van der Waals surface area contributed by atoms with Gasteiger partial charge in [0.25, 0.3) is 5.91 Å². The Bertz CT molecular complexity index is 1050. The van der Waals surface area contributed by atoms with E-state index in [2.05, 4.69) is 26.8 Å². The summed E-state index contributed by atoms with van der Waals surface area (Å²) in [7, 11) is 0. The lowest BCUT2D eigenvalue weighted by Crippen LogP contribution is -2.26. The standard InChI is InChI=1S/C22H22N6OS/c23-15-28-11-8-16(14-28)6-10-25-21(29)22-26-13-20(30-22)18-7-9-24-12-19(18)27-17-4-2-1-3-5-17/h1-5,7,9,12-13,16,27H,6,8,10-11,14H2,(H,25,29). The van der Waals surface area contributed by atoms with Crippen molar-refractivity contribution in [3.8, 4) is 16.6 Å². The van der Waals surface area contributed by atoms with E-state index in [9.17, 15) is 4.79 Å². The third-order valence-corrected chi connectivity index (χ3v) is 6.13. The third-order valence-electron chi connectivity index (χ3n) is 5.10. The number of carbonyl (C=O) groups excluding carboxylic acids is 1. The molecule has 2 N–H and O–H groups in total. The minimum atomic E-state index is -0.159. The summed E-state index contributed by atoms with van der Waals surface area (Å²) in [6.45, 7) is 2.19. The summed E-state index contributed by atoms with van der Waals surface area (Å²) in [6.07, 6.45) is 9.30. The van der Waals surface area contributed by atoms with Crippen molar-refractivity contribution < 1.29 is 4.79 Å². The van der Waals surface area contributed by atoms with Crippen LogP contribution in [0, 0.1) is 17.4 Å². The van der Waals surface area contributed by atoms with Gasteiger partial charge in [-0.2, -0.15) is 5.26 Å².